The Morgan fingerprint density at radius 3 is 2.52 bits per heavy atom. The molecule has 3 aromatic carbocycles. The standard InChI is InChI=1S/C25H24N2O3S/c1-26(24-14-13-18-7-2-4-11-22(18)24)25(28)20-9-6-10-21(17-20)31(29,30)27-16-15-19-8-3-5-12-23(19)27/h2-12,17,24H,13-16H2,1H3. The molecule has 0 aromatic heterocycles. The van der Waals surface area contributed by atoms with E-state index in [4.69, 9.17) is 0 Å². The molecule has 31 heavy (non-hydrogen) atoms. The van der Waals surface area contributed by atoms with Gasteiger partial charge >= 0.3 is 0 Å². The monoisotopic (exact) mass is 432 g/mol. The summed E-state index contributed by atoms with van der Waals surface area (Å²) >= 11 is 0. The number of amides is 1. The Hall–Kier alpha value is -3.12. The van der Waals surface area contributed by atoms with Crippen LogP contribution >= 0.6 is 0 Å². The van der Waals surface area contributed by atoms with Gasteiger partial charge in [0.25, 0.3) is 15.9 Å². The molecule has 158 valence electrons. The number of carbonyl (C=O) groups excluding carboxylic acids is 1. The van der Waals surface area contributed by atoms with Gasteiger partial charge in [-0.05, 0) is 60.2 Å². The van der Waals surface area contributed by atoms with Gasteiger partial charge in [0.05, 0.1) is 16.6 Å². The van der Waals surface area contributed by atoms with Crippen LogP contribution in [0.5, 0.6) is 0 Å². The van der Waals surface area contributed by atoms with E-state index in [0.29, 0.717) is 18.5 Å². The van der Waals surface area contributed by atoms with E-state index in [9.17, 15) is 13.2 Å². The summed E-state index contributed by atoms with van der Waals surface area (Å²) in [6.07, 6.45) is 2.52. The van der Waals surface area contributed by atoms with E-state index in [-0.39, 0.29) is 16.8 Å². The zero-order valence-corrected chi connectivity index (χ0v) is 18.2. The fourth-order valence-corrected chi connectivity index (χ4v) is 6.31. The minimum Gasteiger partial charge on any atom is -0.335 e. The largest absolute Gasteiger partial charge is 0.335 e. The van der Waals surface area contributed by atoms with E-state index >= 15 is 0 Å². The van der Waals surface area contributed by atoms with Crippen LogP contribution in [0.1, 0.15) is 39.5 Å². The molecule has 1 heterocycles. The van der Waals surface area contributed by atoms with Crippen LogP contribution in [0, 0.1) is 0 Å². The van der Waals surface area contributed by atoms with Crippen molar-refractivity contribution < 1.29 is 13.2 Å². The number of aryl methyl sites for hydroxylation is 1. The van der Waals surface area contributed by atoms with Crippen molar-refractivity contribution in [2.75, 3.05) is 17.9 Å². The highest BCUT2D eigenvalue weighted by Gasteiger charge is 2.32. The number of benzene rings is 3. The highest BCUT2D eigenvalue weighted by Crippen LogP contribution is 2.36. The van der Waals surface area contributed by atoms with Gasteiger partial charge in [0.15, 0.2) is 0 Å². The second-order valence-electron chi connectivity index (χ2n) is 8.15. The topological polar surface area (TPSA) is 57.7 Å². The average Bonchev–Trinajstić information content (AvgIpc) is 3.43. The van der Waals surface area contributed by atoms with E-state index in [1.807, 2.05) is 36.4 Å². The number of carbonyl (C=O) groups is 1. The molecule has 0 radical (unpaired) electrons. The molecule has 1 aliphatic carbocycles. The normalized spacial score (nSPS) is 17.3. The molecule has 2 aliphatic rings. The van der Waals surface area contributed by atoms with E-state index in [2.05, 4.69) is 12.1 Å². The molecule has 3 aromatic rings. The highest BCUT2D eigenvalue weighted by atomic mass is 32.2. The second-order valence-corrected chi connectivity index (χ2v) is 10.0. The lowest BCUT2D eigenvalue weighted by Crippen LogP contribution is -2.31. The van der Waals surface area contributed by atoms with Crippen LogP contribution in [0.3, 0.4) is 0 Å². The van der Waals surface area contributed by atoms with Crippen molar-refractivity contribution in [1.29, 1.82) is 0 Å². The number of fused-ring (bicyclic) bond motifs is 2. The van der Waals surface area contributed by atoms with E-state index in [1.165, 1.54) is 21.5 Å². The number of hydrogen-bond acceptors (Lipinski definition) is 3. The Balaban J connectivity index is 1.44. The molecule has 0 spiro atoms. The fraction of sp³-hybridized carbons (Fsp3) is 0.240. The first kappa shape index (κ1) is 19.8. The molecule has 0 bridgehead atoms. The molecule has 0 fully saturated rings. The number of rotatable bonds is 4. The Bertz CT molecular complexity index is 1270. The Morgan fingerprint density at radius 1 is 0.935 bits per heavy atom. The molecular formula is C25H24N2O3S. The predicted molar refractivity (Wildman–Crippen MR) is 121 cm³/mol. The van der Waals surface area contributed by atoms with E-state index < -0.39 is 10.0 Å². The van der Waals surface area contributed by atoms with Crippen molar-refractivity contribution in [1.82, 2.24) is 4.90 Å². The molecule has 0 N–H and O–H groups in total. The summed E-state index contributed by atoms with van der Waals surface area (Å²) in [4.78, 5) is 15.1. The number of nitrogens with zero attached hydrogens (tertiary/aromatic N) is 2. The lowest BCUT2D eigenvalue weighted by molar-refractivity contribution is 0.0730. The van der Waals surface area contributed by atoms with Gasteiger partial charge in [-0.1, -0.05) is 48.5 Å². The van der Waals surface area contributed by atoms with Crippen LogP contribution in [0.2, 0.25) is 0 Å². The third-order valence-corrected chi connectivity index (χ3v) is 8.21. The van der Waals surface area contributed by atoms with Gasteiger partial charge in [0.1, 0.15) is 0 Å². The minimum absolute atomic E-state index is 0.00872. The first-order valence-corrected chi connectivity index (χ1v) is 12.0. The van der Waals surface area contributed by atoms with Gasteiger partial charge in [-0.15, -0.1) is 0 Å². The molecule has 1 amide bonds. The second kappa shape index (κ2) is 7.54. The summed E-state index contributed by atoms with van der Waals surface area (Å²) in [5, 5.41) is 0. The molecular weight excluding hydrogens is 408 g/mol. The lowest BCUT2D eigenvalue weighted by Gasteiger charge is -2.26. The summed E-state index contributed by atoms with van der Waals surface area (Å²) in [6, 6.07) is 22.2. The quantitative estimate of drug-likeness (QED) is 0.621. The van der Waals surface area contributed by atoms with E-state index in [1.54, 1.807) is 30.1 Å². The van der Waals surface area contributed by atoms with Crippen molar-refractivity contribution in [3.63, 3.8) is 0 Å². The Morgan fingerprint density at radius 2 is 1.68 bits per heavy atom. The van der Waals surface area contributed by atoms with Crippen molar-refractivity contribution in [3.05, 3.63) is 95.1 Å². The smallest absolute Gasteiger partial charge is 0.264 e. The van der Waals surface area contributed by atoms with Gasteiger partial charge in [-0.2, -0.15) is 0 Å². The molecule has 1 atom stereocenters. The molecule has 5 rings (SSSR count). The van der Waals surface area contributed by atoms with Crippen molar-refractivity contribution in [2.45, 2.75) is 30.2 Å². The Labute approximate surface area is 183 Å². The van der Waals surface area contributed by atoms with Crippen molar-refractivity contribution in [2.24, 2.45) is 0 Å². The number of sulfonamides is 1. The number of anilines is 1. The summed E-state index contributed by atoms with van der Waals surface area (Å²) in [7, 11) is -1.94. The van der Waals surface area contributed by atoms with Crippen LogP contribution in [-0.2, 0) is 22.9 Å². The summed E-state index contributed by atoms with van der Waals surface area (Å²) < 4.78 is 28.2. The number of hydrogen-bond donors (Lipinski definition) is 0. The Kier molecular flexibility index (Phi) is 4.82. The molecule has 0 saturated carbocycles. The van der Waals surface area contributed by atoms with Crippen LogP contribution in [-0.4, -0.2) is 32.8 Å². The third kappa shape index (κ3) is 3.31. The fourth-order valence-electron chi connectivity index (χ4n) is 4.76. The molecule has 1 unspecified atom stereocenters. The van der Waals surface area contributed by atoms with Crippen LogP contribution < -0.4 is 4.31 Å². The summed E-state index contributed by atoms with van der Waals surface area (Å²) in [5.74, 6) is -0.166. The molecule has 5 nitrogen and oxygen atoms in total. The molecule has 0 saturated heterocycles. The van der Waals surface area contributed by atoms with Crippen molar-refractivity contribution in [3.8, 4) is 0 Å². The maximum Gasteiger partial charge on any atom is 0.264 e. The first-order chi connectivity index (χ1) is 15.0. The summed E-state index contributed by atoms with van der Waals surface area (Å²) in [6.45, 7) is 0.415. The SMILES string of the molecule is CN(C(=O)c1cccc(S(=O)(=O)N2CCc3ccccc32)c1)C1CCc2ccccc21. The first-order valence-electron chi connectivity index (χ1n) is 10.5. The van der Waals surface area contributed by atoms with Crippen molar-refractivity contribution >= 4 is 21.6 Å². The zero-order chi connectivity index (χ0) is 21.6. The van der Waals surface area contributed by atoms with E-state index in [0.717, 1.165) is 24.1 Å². The van der Waals surface area contributed by atoms with Gasteiger partial charge in [0.2, 0.25) is 0 Å². The lowest BCUT2D eigenvalue weighted by atomic mass is 10.1. The molecule has 6 heteroatoms. The maximum absolute atomic E-state index is 13.4. The highest BCUT2D eigenvalue weighted by molar-refractivity contribution is 7.92. The van der Waals surface area contributed by atoms with Gasteiger partial charge in [0, 0.05) is 19.2 Å². The molecule has 1 aliphatic heterocycles. The van der Waals surface area contributed by atoms with Gasteiger partial charge in [-0.25, -0.2) is 8.42 Å². The minimum atomic E-state index is -3.74. The van der Waals surface area contributed by atoms with Crippen LogP contribution in [0.25, 0.3) is 0 Å². The predicted octanol–water partition coefficient (Wildman–Crippen LogP) is 4.20. The van der Waals surface area contributed by atoms with Crippen LogP contribution in [0.4, 0.5) is 5.69 Å². The van der Waals surface area contributed by atoms with Gasteiger partial charge in [-0.3, -0.25) is 9.10 Å². The number of para-hydroxylation sites is 1. The maximum atomic E-state index is 13.4. The summed E-state index contributed by atoms with van der Waals surface area (Å²) in [5.41, 5.74) is 4.59. The van der Waals surface area contributed by atoms with Gasteiger partial charge < -0.3 is 4.90 Å². The average molecular weight is 433 g/mol. The van der Waals surface area contributed by atoms with Crippen LogP contribution in [0.15, 0.2) is 77.7 Å². The third-order valence-electron chi connectivity index (χ3n) is 6.40. The zero-order valence-electron chi connectivity index (χ0n) is 17.4.